The molecular formula is C17H24N4O. The number of pyridine rings is 1. The molecule has 2 atom stereocenters. The zero-order chi connectivity index (χ0) is 16.1. The molecule has 0 saturated carbocycles. The second-order valence-corrected chi connectivity index (χ2v) is 5.94. The number of nitrogens with one attached hydrogen (secondary N) is 2. The van der Waals surface area contributed by atoms with Gasteiger partial charge in [-0.25, -0.2) is 0 Å². The Morgan fingerprint density at radius 1 is 1.23 bits per heavy atom. The van der Waals surface area contributed by atoms with E-state index in [1.165, 1.54) is 5.56 Å². The minimum atomic E-state index is 0.0772. The predicted molar refractivity (Wildman–Crippen MR) is 86.8 cm³/mol. The number of carbonyl (C=O) groups excluding carboxylic acids is 1. The van der Waals surface area contributed by atoms with Crippen LogP contribution in [-0.2, 0) is 4.79 Å². The zero-order valence-corrected chi connectivity index (χ0v) is 13.7. The van der Waals surface area contributed by atoms with Crippen LogP contribution < -0.4 is 5.32 Å². The Morgan fingerprint density at radius 2 is 1.91 bits per heavy atom. The van der Waals surface area contributed by atoms with E-state index in [0.717, 1.165) is 17.0 Å². The number of aromatic nitrogens is 3. The summed E-state index contributed by atoms with van der Waals surface area (Å²) in [4.78, 5) is 16.2. The first-order valence-corrected chi connectivity index (χ1v) is 7.67. The molecule has 0 saturated heterocycles. The van der Waals surface area contributed by atoms with Gasteiger partial charge >= 0.3 is 0 Å². The van der Waals surface area contributed by atoms with Crippen molar-refractivity contribution >= 4 is 5.91 Å². The molecule has 2 rings (SSSR count). The molecule has 2 N–H and O–H groups in total. The van der Waals surface area contributed by atoms with Crippen LogP contribution in [0.4, 0.5) is 0 Å². The van der Waals surface area contributed by atoms with Crippen molar-refractivity contribution in [3.8, 4) is 0 Å². The third-order valence-electron chi connectivity index (χ3n) is 4.05. The van der Waals surface area contributed by atoms with Crippen molar-refractivity contribution in [2.24, 2.45) is 0 Å². The summed E-state index contributed by atoms with van der Waals surface area (Å²) < 4.78 is 0. The van der Waals surface area contributed by atoms with Crippen molar-refractivity contribution in [2.75, 3.05) is 6.54 Å². The Kier molecular flexibility index (Phi) is 5.31. The molecule has 5 nitrogen and oxygen atoms in total. The summed E-state index contributed by atoms with van der Waals surface area (Å²) in [7, 11) is 0. The van der Waals surface area contributed by atoms with E-state index in [1.807, 2.05) is 26.0 Å². The fraction of sp³-hybridized carbons (Fsp3) is 0.471. The van der Waals surface area contributed by atoms with Crippen molar-refractivity contribution < 1.29 is 4.79 Å². The van der Waals surface area contributed by atoms with Crippen molar-refractivity contribution in [1.82, 2.24) is 20.5 Å². The first-order chi connectivity index (χ1) is 10.5. The molecule has 5 heteroatoms. The van der Waals surface area contributed by atoms with Crippen LogP contribution in [0, 0.1) is 13.8 Å². The Hall–Kier alpha value is -2.17. The third kappa shape index (κ3) is 3.93. The monoisotopic (exact) mass is 300 g/mol. The van der Waals surface area contributed by atoms with Crippen LogP contribution in [0.1, 0.15) is 54.6 Å². The highest BCUT2D eigenvalue weighted by atomic mass is 16.1. The Bertz CT molecular complexity index is 601. The normalized spacial score (nSPS) is 13.6. The SMILES string of the molecule is Cc1n[nH]c(C)c1[C@H](C)CC(=O)NC[C@@H](C)c1ccncc1. The maximum absolute atomic E-state index is 12.2. The van der Waals surface area contributed by atoms with E-state index in [0.29, 0.717) is 13.0 Å². The standard InChI is InChI=1S/C17H24N4O/c1-11(17-13(3)20-21-14(17)4)9-16(22)19-10-12(2)15-5-7-18-8-6-15/h5-8,11-12H,9-10H2,1-4H3,(H,19,22)(H,20,21)/t11-,12-/m1/s1. The van der Waals surface area contributed by atoms with Gasteiger partial charge in [0.25, 0.3) is 0 Å². The number of carbonyl (C=O) groups is 1. The summed E-state index contributed by atoms with van der Waals surface area (Å²) in [5.74, 6) is 0.517. The molecule has 22 heavy (non-hydrogen) atoms. The fourth-order valence-electron chi connectivity index (χ4n) is 2.81. The van der Waals surface area contributed by atoms with Gasteiger partial charge in [-0.3, -0.25) is 14.9 Å². The van der Waals surface area contributed by atoms with E-state index in [4.69, 9.17) is 0 Å². The molecule has 0 aliphatic heterocycles. The molecule has 0 fully saturated rings. The first kappa shape index (κ1) is 16.2. The van der Waals surface area contributed by atoms with Gasteiger partial charge in [0.2, 0.25) is 5.91 Å². The molecule has 2 aromatic heterocycles. The van der Waals surface area contributed by atoms with E-state index >= 15 is 0 Å². The molecule has 2 aromatic rings. The van der Waals surface area contributed by atoms with Gasteiger partial charge in [0.1, 0.15) is 0 Å². The highest BCUT2D eigenvalue weighted by Gasteiger charge is 2.18. The van der Waals surface area contributed by atoms with E-state index in [2.05, 4.69) is 34.3 Å². The summed E-state index contributed by atoms with van der Waals surface area (Å²) in [6.07, 6.45) is 4.03. The van der Waals surface area contributed by atoms with Gasteiger partial charge in [-0.1, -0.05) is 13.8 Å². The highest BCUT2D eigenvalue weighted by molar-refractivity contribution is 5.77. The zero-order valence-electron chi connectivity index (χ0n) is 13.7. The van der Waals surface area contributed by atoms with Crippen LogP contribution in [0.5, 0.6) is 0 Å². The minimum Gasteiger partial charge on any atom is -0.355 e. The Labute approximate surface area is 131 Å². The fourth-order valence-corrected chi connectivity index (χ4v) is 2.81. The molecule has 0 aliphatic rings. The molecule has 2 heterocycles. The van der Waals surface area contributed by atoms with Crippen LogP contribution in [0.25, 0.3) is 0 Å². The number of nitrogens with zero attached hydrogens (tertiary/aromatic N) is 2. The largest absolute Gasteiger partial charge is 0.355 e. The average molecular weight is 300 g/mol. The van der Waals surface area contributed by atoms with Gasteiger partial charge in [0, 0.05) is 31.1 Å². The number of amides is 1. The first-order valence-electron chi connectivity index (χ1n) is 7.67. The van der Waals surface area contributed by atoms with Gasteiger partial charge in [-0.05, 0) is 48.9 Å². The van der Waals surface area contributed by atoms with Crippen molar-refractivity contribution in [3.05, 3.63) is 47.0 Å². The summed E-state index contributed by atoms with van der Waals surface area (Å²) in [5, 5.41) is 10.2. The lowest BCUT2D eigenvalue weighted by Crippen LogP contribution is -2.28. The van der Waals surface area contributed by atoms with E-state index in [-0.39, 0.29) is 17.7 Å². The van der Waals surface area contributed by atoms with Crippen molar-refractivity contribution in [2.45, 2.75) is 46.0 Å². The Morgan fingerprint density at radius 3 is 2.50 bits per heavy atom. The number of aryl methyl sites for hydroxylation is 2. The molecule has 0 spiro atoms. The second-order valence-electron chi connectivity index (χ2n) is 5.94. The minimum absolute atomic E-state index is 0.0772. The van der Waals surface area contributed by atoms with Crippen LogP contribution >= 0.6 is 0 Å². The van der Waals surface area contributed by atoms with Crippen LogP contribution in [0.2, 0.25) is 0 Å². The molecule has 118 valence electrons. The smallest absolute Gasteiger partial charge is 0.220 e. The quantitative estimate of drug-likeness (QED) is 0.861. The van der Waals surface area contributed by atoms with Crippen LogP contribution in [0.3, 0.4) is 0 Å². The van der Waals surface area contributed by atoms with Gasteiger partial charge in [-0.2, -0.15) is 5.10 Å². The topological polar surface area (TPSA) is 70.7 Å². The molecule has 0 bridgehead atoms. The Balaban J connectivity index is 1.86. The van der Waals surface area contributed by atoms with Crippen molar-refractivity contribution in [3.63, 3.8) is 0 Å². The maximum atomic E-state index is 12.2. The van der Waals surface area contributed by atoms with Gasteiger partial charge < -0.3 is 5.32 Å². The summed E-state index contributed by atoms with van der Waals surface area (Å²) in [6, 6.07) is 3.97. The number of hydrogen-bond acceptors (Lipinski definition) is 3. The molecule has 0 unspecified atom stereocenters. The summed E-state index contributed by atoms with van der Waals surface area (Å²) in [5.41, 5.74) is 4.35. The summed E-state index contributed by atoms with van der Waals surface area (Å²) >= 11 is 0. The van der Waals surface area contributed by atoms with Crippen molar-refractivity contribution in [1.29, 1.82) is 0 Å². The molecule has 1 amide bonds. The lowest BCUT2D eigenvalue weighted by atomic mass is 9.95. The molecule has 0 aliphatic carbocycles. The predicted octanol–water partition coefficient (Wildman–Crippen LogP) is 2.84. The lowest BCUT2D eigenvalue weighted by Gasteiger charge is -2.15. The van der Waals surface area contributed by atoms with Gasteiger partial charge in [0.15, 0.2) is 0 Å². The number of rotatable bonds is 6. The van der Waals surface area contributed by atoms with Crippen LogP contribution in [-0.4, -0.2) is 27.6 Å². The maximum Gasteiger partial charge on any atom is 0.220 e. The van der Waals surface area contributed by atoms with E-state index in [9.17, 15) is 4.79 Å². The molecular weight excluding hydrogens is 276 g/mol. The second kappa shape index (κ2) is 7.20. The summed E-state index contributed by atoms with van der Waals surface area (Å²) in [6.45, 7) is 8.77. The highest BCUT2D eigenvalue weighted by Crippen LogP contribution is 2.24. The number of H-pyrrole nitrogens is 1. The molecule has 0 aromatic carbocycles. The average Bonchev–Trinajstić information content (AvgIpc) is 2.84. The molecule has 0 radical (unpaired) electrons. The van der Waals surface area contributed by atoms with Gasteiger partial charge in [0.05, 0.1) is 5.69 Å². The number of aromatic amines is 1. The third-order valence-corrected chi connectivity index (χ3v) is 4.05. The van der Waals surface area contributed by atoms with E-state index in [1.54, 1.807) is 12.4 Å². The number of hydrogen-bond donors (Lipinski definition) is 2. The van der Waals surface area contributed by atoms with Gasteiger partial charge in [-0.15, -0.1) is 0 Å². The van der Waals surface area contributed by atoms with Crippen LogP contribution in [0.15, 0.2) is 24.5 Å². The van der Waals surface area contributed by atoms with E-state index < -0.39 is 0 Å². The lowest BCUT2D eigenvalue weighted by molar-refractivity contribution is -0.121.